The summed E-state index contributed by atoms with van der Waals surface area (Å²) in [5, 5.41) is 3.24. The number of alkyl carbamates (subject to hydrolysis) is 1. The minimum Gasteiger partial charge on any atom is -0.458 e. The minimum absolute atomic E-state index is 0.302. The van der Waals surface area contributed by atoms with E-state index in [1.54, 1.807) is 47.6 Å². The summed E-state index contributed by atoms with van der Waals surface area (Å²) in [6, 6.07) is 2.76. The van der Waals surface area contributed by atoms with Crippen LogP contribution in [0.1, 0.15) is 46.4 Å². The Morgan fingerprint density at radius 2 is 1.70 bits per heavy atom. The van der Waals surface area contributed by atoms with Crippen molar-refractivity contribution in [3.63, 3.8) is 0 Å². The Kier molecular flexibility index (Phi) is 6.04. The van der Waals surface area contributed by atoms with Gasteiger partial charge in [-0.1, -0.05) is 0 Å². The van der Waals surface area contributed by atoms with Gasteiger partial charge in [-0.15, -0.1) is 11.3 Å². The lowest BCUT2D eigenvalue weighted by atomic mass is 10.1. The highest BCUT2D eigenvalue weighted by atomic mass is 32.1. The van der Waals surface area contributed by atoms with Gasteiger partial charge < -0.3 is 20.5 Å². The second-order valence-electron chi connectivity index (χ2n) is 7.24. The topological polar surface area (TPSA) is 90.6 Å². The number of anilines is 1. The molecule has 0 spiro atoms. The van der Waals surface area contributed by atoms with Crippen molar-refractivity contribution in [2.24, 2.45) is 0 Å². The summed E-state index contributed by atoms with van der Waals surface area (Å²) in [5.41, 5.74) is 4.42. The van der Waals surface area contributed by atoms with Crippen LogP contribution in [0.25, 0.3) is 0 Å². The summed E-state index contributed by atoms with van der Waals surface area (Å²) in [6.07, 6.45) is -0.353. The van der Waals surface area contributed by atoms with E-state index in [-0.39, 0.29) is 0 Å². The fourth-order valence-electron chi connectivity index (χ4n) is 1.72. The summed E-state index contributed by atoms with van der Waals surface area (Å²) >= 11 is 1.37. The number of hydrogen-bond donors (Lipinski definition) is 2. The van der Waals surface area contributed by atoms with Crippen molar-refractivity contribution in [2.75, 3.05) is 5.73 Å². The average Bonchev–Trinajstić information content (AvgIpc) is 2.69. The third-order valence-electron chi connectivity index (χ3n) is 2.47. The van der Waals surface area contributed by atoms with Gasteiger partial charge in [0.1, 0.15) is 17.2 Å². The highest BCUT2D eigenvalue weighted by Crippen LogP contribution is 2.21. The van der Waals surface area contributed by atoms with Crippen molar-refractivity contribution in [1.82, 2.24) is 5.32 Å². The predicted molar refractivity (Wildman–Crippen MR) is 91.4 cm³/mol. The molecular formula is C16H26N2O4S. The summed E-state index contributed by atoms with van der Waals surface area (Å²) in [7, 11) is 0. The number of nitrogen functional groups attached to an aromatic ring is 1. The Bertz CT molecular complexity index is 555. The molecule has 1 aromatic rings. The lowest BCUT2D eigenvalue weighted by Crippen LogP contribution is -2.47. The molecule has 1 rings (SSSR count). The number of carbonyl (C=O) groups is 2. The maximum atomic E-state index is 12.4. The van der Waals surface area contributed by atoms with Crippen molar-refractivity contribution in [1.29, 1.82) is 0 Å². The van der Waals surface area contributed by atoms with Gasteiger partial charge in [0, 0.05) is 11.3 Å². The number of thiophene rings is 1. The molecule has 0 saturated heterocycles. The van der Waals surface area contributed by atoms with Crippen molar-refractivity contribution < 1.29 is 19.1 Å². The van der Waals surface area contributed by atoms with Gasteiger partial charge in [-0.25, -0.2) is 9.59 Å². The van der Waals surface area contributed by atoms with Gasteiger partial charge in [-0.3, -0.25) is 0 Å². The van der Waals surface area contributed by atoms with E-state index in [0.717, 1.165) is 4.88 Å². The van der Waals surface area contributed by atoms with Gasteiger partial charge >= 0.3 is 12.1 Å². The number of hydrogen-bond acceptors (Lipinski definition) is 6. The highest BCUT2D eigenvalue weighted by molar-refractivity contribution is 7.15. The molecule has 0 aromatic carbocycles. The average molecular weight is 342 g/mol. The molecule has 23 heavy (non-hydrogen) atoms. The number of ether oxygens (including phenoxy) is 2. The molecule has 7 heteroatoms. The van der Waals surface area contributed by atoms with Crippen molar-refractivity contribution >= 4 is 28.4 Å². The van der Waals surface area contributed by atoms with Gasteiger partial charge in [0.15, 0.2) is 0 Å². The number of rotatable bonds is 4. The third kappa shape index (κ3) is 7.88. The van der Waals surface area contributed by atoms with E-state index >= 15 is 0 Å². The van der Waals surface area contributed by atoms with E-state index in [9.17, 15) is 9.59 Å². The Morgan fingerprint density at radius 1 is 1.13 bits per heavy atom. The van der Waals surface area contributed by atoms with E-state index in [1.165, 1.54) is 11.3 Å². The molecule has 0 fully saturated rings. The van der Waals surface area contributed by atoms with Crippen LogP contribution in [0, 0.1) is 0 Å². The molecule has 0 bridgehead atoms. The number of nitrogens with one attached hydrogen (secondary N) is 1. The Hall–Kier alpha value is -1.76. The zero-order chi connectivity index (χ0) is 17.8. The normalized spacial score (nSPS) is 13.3. The van der Waals surface area contributed by atoms with Crippen molar-refractivity contribution in [3.8, 4) is 0 Å². The summed E-state index contributed by atoms with van der Waals surface area (Å²) < 4.78 is 10.6. The van der Waals surface area contributed by atoms with Gasteiger partial charge in [0.05, 0.1) is 5.00 Å². The van der Waals surface area contributed by atoms with Crippen LogP contribution in [-0.4, -0.2) is 29.3 Å². The van der Waals surface area contributed by atoms with Crippen LogP contribution >= 0.6 is 11.3 Å². The first-order valence-corrected chi connectivity index (χ1v) is 8.24. The van der Waals surface area contributed by atoms with Crippen molar-refractivity contribution in [3.05, 3.63) is 17.0 Å². The first-order chi connectivity index (χ1) is 10.4. The quantitative estimate of drug-likeness (QED) is 0.821. The zero-order valence-electron chi connectivity index (χ0n) is 14.6. The molecule has 1 atom stereocenters. The maximum absolute atomic E-state index is 12.4. The lowest BCUT2D eigenvalue weighted by molar-refractivity contribution is -0.157. The molecule has 0 aliphatic heterocycles. The number of carbonyl (C=O) groups excluding carboxylic acids is 2. The van der Waals surface area contributed by atoms with Gasteiger partial charge in [0.25, 0.3) is 0 Å². The van der Waals surface area contributed by atoms with Crippen LogP contribution in [-0.2, 0) is 20.7 Å². The van der Waals surface area contributed by atoms with E-state index in [0.29, 0.717) is 11.4 Å². The van der Waals surface area contributed by atoms with Crippen LogP contribution in [0.4, 0.5) is 9.80 Å². The monoisotopic (exact) mass is 342 g/mol. The lowest BCUT2D eigenvalue weighted by Gasteiger charge is -2.26. The number of esters is 1. The first kappa shape index (κ1) is 19.3. The maximum Gasteiger partial charge on any atom is 0.408 e. The first-order valence-electron chi connectivity index (χ1n) is 7.42. The fraction of sp³-hybridized carbons (Fsp3) is 0.625. The Morgan fingerprint density at radius 3 is 2.13 bits per heavy atom. The summed E-state index contributed by atoms with van der Waals surface area (Å²) in [5.74, 6) is -0.504. The smallest absolute Gasteiger partial charge is 0.408 e. The van der Waals surface area contributed by atoms with Gasteiger partial charge in [0.2, 0.25) is 0 Å². The van der Waals surface area contributed by atoms with Crippen LogP contribution in [0.3, 0.4) is 0 Å². The molecule has 0 aliphatic carbocycles. The highest BCUT2D eigenvalue weighted by Gasteiger charge is 2.29. The SMILES string of the molecule is CC(C)(C)OC(=O)NC(Cc1ccc(N)s1)C(=O)OC(C)(C)C. The van der Waals surface area contributed by atoms with Gasteiger partial charge in [-0.05, 0) is 53.7 Å². The Labute approximate surface area is 141 Å². The van der Waals surface area contributed by atoms with Crippen molar-refractivity contribution in [2.45, 2.75) is 65.2 Å². The van der Waals surface area contributed by atoms with Crippen LogP contribution < -0.4 is 11.1 Å². The minimum atomic E-state index is -0.831. The van der Waals surface area contributed by atoms with E-state index in [4.69, 9.17) is 15.2 Å². The molecule has 0 saturated carbocycles. The van der Waals surface area contributed by atoms with Crippen LogP contribution in [0.2, 0.25) is 0 Å². The van der Waals surface area contributed by atoms with E-state index in [1.807, 2.05) is 6.07 Å². The summed E-state index contributed by atoms with van der Waals surface area (Å²) in [6.45, 7) is 10.6. The molecule has 130 valence electrons. The number of amides is 1. The summed E-state index contributed by atoms with van der Waals surface area (Å²) in [4.78, 5) is 25.2. The fourth-order valence-corrected chi connectivity index (χ4v) is 2.55. The third-order valence-corrected chi connectivity index (χ3v) is 3.41. The Balaban J connectivity index is 2.83. The number of nitrogens with two attached hydrogens (primary N) is 1. The molecule has 3 N–H and O–H groups in total. The molecule has 6 nitrogen and oxygen atoms in total. The zero-order valence-corrected chi connectivity index (χ0v) is 15.4. The van der Waals surface area contributed by atoms with Crippen LogP contribution in [0.15, 0.2) is 12.1 Å². The largest absolute Gasteiger partial charge is 0.458 e. The second-order valence-corrected chi connectivity index (χ2v) is 8.44. The van der Waals surface area contributed by atoms with E-state index in [2.05, 4.69) is 5.32 Å². The molecule has 1 unspecified atom stereocenters. The molecular weight excluding hydrogens is 316 g/mol. The van der Waals surface area contributed by atoms with Gasteiger partial charge in [-0.2, -0.15) is 0 Å². The predicted octanol–water partition coefficient (Wildman–Crippen LogP) is 3.11. The molecule has 1 heterocycles. The molecule has 0 radical (unpaired) electrons. The molecule has 1 amide bonds. The second kappa shape index (κ2) is 7.21. The van der Waals surface area contributed by atoms with Crippen LogP contribution in [0.5, 0.6) is 0 Å². The standard InChI is InChI=1S/C16H26N2O4S/c1-15(2,3)21-13(19)11(9-10-7-8-12(17)23-10)18-14(20)22-16(4,5)6/h7-8,11H,9,17H2,1-6H3,(H,18,20). The molecule has 0 aliphatic rings. The molecule has 1 aromatic heterocycles. The van der Waals surface area contributed by atoms with E-state index < -0.39 is 29.3 Å².